The molecule has 0 bridgehead atoms. The van der Waals surface area contributed by atoms with Crippen LogP contribution in [0.1, 0.15) is 33.1 Å². The van der Waals surface area contributed by atoms with Crippen molar-refractivity contribution in [2.24, 2.45) is 0 Å². The number of hydrogen-bond donors (Lipinski definition) is 8. The second kappa shape index (κ2) is 73.2. The zero-order chi connectivity index (χ0) is 48.9. The maximum atomic E-state index is 10.9. The van der Waals surface area contributed by atoms with Gasteiger partial charge in [0, 0.05) is 64.6 Å². The minimum absolute atomic E-state index is 0. The van der Waals surface area contributed by atoms with Crippen molar-refractivity contribution in [2.45, 2.75) is 51.2 Å². The Balaban J connectivity index is -0.0000000470. The minimum Gasteiger partial charge on any atom is -0.550 e. The number of nitrogens with one attached hydrogen (secondary N) is 1. The second-order valence-electron chi connectivity index (χ2n) is 12.2. The summed E-state index contributed by atoms with van der Waals surface area (Å²) < 4.78 is 0. The first-order chi connectivity index (χ1) is 28.5. The van der Waals surface area contributed by atoms with Crippen molar-refractivity contribution in [2.75, 3.05) is 72.0 Å². The quantitative estimate of drug-likeness (QED) is 0.0283. The number of aliphatic carboxylic acids is 13. The molecule has 0 heterocycles. The third kappa shape index (κ3) is 81.0. The molecule has 0 saturated heterocycles. The van der Waals surface area contributed by atoms with E-state index in [1.807, 2.05) is 5.32 Å². The number of rotatable bonds is 33. The van der Waals surface area contributed by atoms with Crippen LogP contribution in [-0.4, -0.2) is 223 Å². The van der Waals surface area contributed by atoms with Gasteiger partial charge in [-0.25, -0.2) is 0 Å². The molecule has 31 nitrogen and oxygen atoms in total. The summed E-state index contributed by atoms with van der Waals surface area (Å²) in [5.41, 5.74) is 0. The molecular formula is C32H45N5Na12O26+6. The molecule has 0 amide bonds. The van der Waals surface area contributed by atoms with Gasteiger partial charge in [-0.2, -0.15) is 0 Å². The number of carbonyl (C=O) groups is 13. The molecule has 2 unspecified atom stereocenters. The Labute approximate surface area is 695 Å². The fraction of sp³-hybridized carbons (Fsp3) is 0.594. The summed E-state index contributed by atoms with van der Waals surface area (Å²) in [7, 11) is 0. The van der Waals surface area contributed by atoms with Gasteiger partial charge in [0.25, 0.3) is 0 Å². The fourth-order valence-electron chi connectivity index (χ4n) is 4.54. The Hall–Kier alpha value is 4.91. The first kappa shape index (κ1) is 122. The van der Waals surface area contributed by atoms with Gasteiger partial charge in [-0.05, 0) is 6.42 Å². The van der Waals surface area contributed by atoms with Crippen molar-refractivity contribution in [3.63, 3.8) is 0 Å². The van der Waals surface area contributed by atoms with E-state index in [2.05, 4.69) is 0 Å². The second-order valence-corrected chi connectivity index (χ2v) is 12.2. The van der Waals surface area contributed by atoms with Gasteiger partial charge in [-0.1, -0.05) is 7.43 Å². The fourth-order valence-corrected chi connectivity index (χ4v) is 4.54. The predicted molar refractivity (Wildman–Crippen MR) is 184 cm³/mol. The smallest absolute Gasteiger partial charge is 0.550 e. The Morgan fingerprint density at radius 1 is 0.360 bits per heavy atom. The van der Waals surface area contributed by atoms with Gasteiger partial charge in [-0.3, -0.25) is 58.5 Å². The summed E-state index contributed by atoms with van der Waals surface area (Å²) >= 11 is 0. The summed E-state index contributed by atoms with van der Waals surface area (Å²) in [4.78, 5) is 141. The molecule has 43 heteroatoms. The summed E-state index contributed by atoms with van der Waals surface area (Å²) in [5, 5.41) is 125. The molecule has 75 heavy (non-hydrogen) atoms. The van der Waals surface area contributed by atoms with Crippen LogP contribution >= 0.6 is 0 Å². The first-order valence-electron chi connectivity index (χ1n) is 16.9. The van der Waals surface area contributed by atoms with E-state index < -0.39 is 167 Å². The zero-order valence-corrected chi connectivity index (χ0v) is 68.0. The summed E-state index contributed by atoms with van der Waals surface area (Å²) in [5.74, 6) is -19.6. The summed E-state index contributed by atoms with van der Waals surface area (Å²) in [6.07, 6.45) is -2.93. The van der Waals surface area contributed by atoms with Gasteiger partial charge in [0.05, 0.1) is 74.5 Å². The van der Waals surface area contributed by atoms with Crippen LogP contribution < -0.4 is 391 Å². The van der Waals surface area contributed by atoms with Gasteiger partial charge in [-0.15, -0.1) is 0 Å². The van der Waals surface area contributed by atoms with E-state index in [1.165, 1.54) is 4.90 Å². The molecule has 0 rings (SSSR count). The van der Waals surface area contributed by atoms with Crippen molar-refractivity contribution in [3.05, 3.63) is 0 Å². The van der Waals surface area contributed by atoms with E-state index in [4.69, 9.17) is 35.7 Å². The van der Waals surface area contributed by atoms with Gasteiger partial charge in [0.15, 0.2) is 0 Å². The van der Waals surface area contributed by atoms with E-state index in [1.54, 1.807) is 0 Å². The Kier molecular flexibility index (Phi) is 119. The van der Waals surface area contributed by atoms with Crippen LogP contribution in [-0.2, 0) is 62.3 Å². The van der Waals surface area contributed by atoms with Crippen molar-refractivity contribution in [1.82, 2.24) is 24.9 Å². The topological polar surface area (TPSA) is 527 Å². The van der Waals surface area contributed by atoms with Crippen molar-refractivity contribution in [1.29, 1.82) is 0 Å². The zero-order valence-electron chi connectivity index (χ0n) is 44.0. The number of carboxylic acid groups (broad SMARTS) is 13. The molecule has 0 aliphatic heterocycles. The van der Waals surface area contributed by atoms with Crippen LogP contribution in [0.2, 0.25) is 0 Å². The maximum Gasteiger partial charge on any atom is 1.00 e. The molecule has 0 aliphatic carbocycles. The molecule has 0 aliphatic rings. The summed E-state index contributed by atoms with van der Waals surface area (Å²) in [6, 6.07) is -5.18. The SMILES string of the molecule is C.O=C([O-])CC(NC(CC(=O)O)C(=O)O)C(=O)[O-].O=C([O-])CN(CC(=O)O)[C@@H](CCC(=O)O)C(=O)[O-].O=C([O-])CN(CCN(CCN(CC(=O)[O-])CC(=O)O)CC(=O)O)CC(=O)O.[Na+].[Na+].[Na+].[Na+].[Na+].[Na+].[Na+].[Na+].[Na+].[Na+].[Na+].[Na+]. The Morgan fingerprint density at radius 3 is 0.920 bits per heavy atom. The largest absolute Gasteiger partial charge is 1.00 e. The molecule has 3 atom stereocenters. The van der Waals surface area contributed by atoms with Crippen LogP contribution in [0, 0.1) is 0 Å². The van der Waals surface area contributed by atoms with E-state index in [0.717, 1.165) is 9.80 Å². The molecular weight excluding hydrogens is 1150 g/mol. The number of nitrogens with zero attached hydrogens (tertiary/aromatic N) is 4. The van der Waals surface area contributed by atoms with E-state index >= 15 is 0 Å². The standard InChI is InChI=1S/C14H23N3O10.C9H13NO8.C8H11NO8.CH4.12Na/c18-10(19)5-15(1-3-16(6-11(20)21)7-12(22)23)2-4-17(8-13(24)25)9-14(26)27;11-6(12)2-1-5(9(17)18)10(3-7(13)14)4-8(15)16;10-5(11)1-3(7(14)15)9-4(8(16)17)2-6(12)13;;;;;;;;;;;;;/h1-9H2,(H,18,19)(H,20,21)(H,22,23)(H,24,25)(H,26,27);5H,1-4H2,(H,11,12)(H,13,14)(H,15,16)(H,17,18);3-4,9H,1-2H2,(H,10,11)(H,12,13)(H,14,15)(H,16,17);1H4;;;;;;;;;;;;/q;;;;12*+1/p-6/t;5-;;;;;;;;;;;;;;/m.0............../s1. The third-order valence-electron chi connectivity index (χ3n) is 7.00. The van der Waals surface area contributed by atoms with Gasteiger partial charge in [0.2, 0.25) is 0 Å². The van der Waals surface area contributed by atoms with Gasteiger partial charge >= 0.3 is 396 Å². The van der Waals surface area contributed by atoms with Crippen LogP contribution in [0.25, 0.3) is 0 Å². The molecule has 0 aromatic rings. The summed E-state index contributed by atoms with van der Waals surface area (Å²) in [6.45, 7) is -5.10. The number of carbonyl (C=O) groups excluding carboxylic acids is 6. The van der Waals surface area contributed by atoms with Crippen molar-refractivity contribution < 1.29 is 483 Å². The van der Waals surface area contributed by atoms with Gasteiger partial charge in [0.1, 0.15) is 6.04 Å². The van der Waals surface area contributed by atoms with Gasteiger partial charge < -0.3 is 95.2 Å². The van der Waals surface area contributed by atoms with Crippen LogP contribution in [0.5, 0.6) is 0 Å². The molecule has 8 N–H and O–H groups in total. The molecule has 0 radical (unpaired) electrons. The predicted octanol–water partition coefficient (Wildman–Crippen LogP) is -48.8. The third-order valence-corrected chi connectivity index (χ3v) is 7.00. The Morgan fingerprint density at radius 2 is 0.680 bits per heavy atom. The monoisotopic (exact) mass is 1190 g/mol. The van der Waals surface area contributed by atoms with Crippen molar-refractivity contribution in [3.8, 4) is 0 Å². The molecule has 0 aromatic heterocycles. The van der Waals surface area contributed by atoms with Crippen LogP contribution in [0.3, 0.4) is 0 Å². The maximum absolute atomic E-state index is 10.9. The van der Waals surface area contributed by atoms with Crippen LogP contribution in [0.4, 0.5) is 0 Å². The normalized spacial score (nSPS) is 9.97. The molecule has 0 saturated carbocycles. The molecule has 0 spiro atoms. The first-order valence-corrected chi connectivity index (χ1v) is 16.9. The van der Waals surface area contributed by atoms with E-state index in [9.17, 15) is 93.0 Å². The number of hydrogen-bond acceptors (Lipinski definition) is 24. The molecule has 360 valence electrons. The minimum atomic E-state index is -1.86. The Bertz CT molecular complexity index is 1530. The molecule has 0 aromatic carbocycles. The number of carboxylic acids is 13. The average molecular weight is 1190 g/mol. The average Bonchev–Trinajstić information content (AvgIpc) is 3.06. The van der Waals surface area contributed by atoms with Crippen molar-refractivity contribution >= 4 is 77.6 Å². The molecule has 0 fully saturated rings. The van der Waals surface area contributed by atoms with E-state index in [-0.39, 0.29) is 388 Å². The van der Waals surface area contributed by atoms with Crippen LogP contribution in [0.15, 0.2) is 0 Å². The van der Waals surface area contributed by atoms with E-state index in [0.29, 0.717) is 4.90 Å².